The van der Waals surface area contributed by atoms with Crippen LogP contribution in [-0.4, -0.2) is 44.1 Å². The van der Waals surface area contributed by atoms with Gasteiger partial charge in [-0.15, -0.1) is 0 Å². The summed E-state index contributed by atoms with van der Waals surface area (Å²) in [5.41, 5.74) is 2.17. The lowest BCUT2D eigenvalue weighted by Crippen LogP contribution is -2.42. The second-order valence-electron chi connectivity index (χ2n) is 9.85. The quantitative estimate of drug-likeness (QED) is 0.259. The predicted octanol–water partition coefficient (Wildman–Crippen LogP) is 5.94. The highest BCUT2D eigenvalue weighted by atomic mass is 32.2. The zero-order valence-corrected chi connectivity index (χ0v) is 23.7. The number of aliphatic hydroxyl groups excluding tert-OH is 1. The summed E-state index contributed by atoms with van der Waals surface area (Å²) in [5.74, 6) is 1.46. The molecule has 0 bridgehead atoms. The van der Waals surface area contributed by atoms with Crippen LogP contribution in [-0.2, 0) is 23.1 Å². The first kappa shape index (κ1) is 29.7. The molecule has 2 atom stereocenters. The smallest absolute Gasteiger partial charge is 0.243 e. The maximum Gasteiger partial charge on any atom is 0.243 e. The molecule has 0 saturated heterocycles. The predicted molar refractivity (Wildman–Crippen MR) is 152 cm³/mol. The molecule has 3 aromatic rings. The molecule has 6 nitrogen and oxygen atoms in total. The van der Waals surface area contributed by atoms with Gasteiger partial charge < -0.3 is 14.6 Å². The van der Waals surface area contributed by atoms with Crippen LogP contribution in [0.15, 0.2) is 83.8 Å². The van der Waals surface area contributed by atoms with E-state index in [0.29, 0.717) is 25.3 Å². The summed E-state index contributed by atoms with van der Waals surface area (Å²) in [5, 5.41) is 11.1. The van der Waals surface area contributed by atoms with E-state index in [0.717, 1.165) is 29.7 Å². The number of sulfonamides is 1. The Hall–Kier alpha value is -2.87. The number of ether oxygens (including phenoxy) is 2. The van der Waals surface area contributed by atoms with E-state index in [-0.39, 0.29) is 23.3 Å². The Bertz CT molecular complexity index is 1190. The minimum atomic E-state index is -3.78. The van der Waals surface area contributed by atoms with E-state index in [1.165, 1.54) is 4.31 Å². The molecule has 206 valence electrons. The Morgan fingerprint density at radius 1 is 0.816 bits per heavy atom. The zero-order valence-electron chi connectivity index (χ0n) is 22.9. The lowest BCUT2D eigenvalue weighted by molar-refractivity contribution is 0.0904. The molecule has 0 unspecified atom stereocenters. The van der Waals surface area contributed by atoms with Crippen LogP contribution in [0.1, 0.15) is 44.7 Å². The van der Waals surface area contributed by atoms with E-state index in [2.05, 4.69) is 13.8 Å². The van der Waals surface area contributed by atoms with Gasteiger partial charge in [-0.3, -0.25) is 0 Å². The van der Waals surface area contributed by atoms with Crippen LogP contribution in [0.4, 0.5) is 0 Å². The van der Waals surface area contributed by atoms with Gasteiger partial charge in [0.15, 0.2) is 0 Å². The summed E-state index contributed by atoms with van der Waals surface area (Å²) in [6.45, 7) is 7.02. The van der Waals surface area contributed by atoms with Gasteiger partial charge in [0.2, 0.25) is 10.0 Å². The fourth-order valence-electron chi connectivity index (χ4n) is 4.36. The summed E-state index contributed by atoms with van der Waals surface area (Å²) < 4.78 is 39.7. The van der Waals surface area contributed by atoms with Gasteiger partial charge in [-0.2, -0.15) is 4.31 Å². The van der Waals surface area contributed by atoms with Gasteiger partial charge in [-0.1, -0.05) is 76.1 Å². The third-order valence-corrected chi connectivity index (χ3v) is 8.94. The summed E-state index contributed by atoms with van der Waals surface area (Å²) in [7, 11) is -2.23. The van der Waals surface area contributed by atoms with Crippen molar-refractivity contribution >= 4 is 10.0 Å². The molecule has 0 aliphatic carbocycles. The van der Waals surface area contributed by atoms with Crippen LogP contribution < -0.4 is 9.47 Å². The van der Waals surface area contributed by atoms with Gasteiger partial charge in [0.05, 0.1) is 18.1 Å². The molecule has 0 aromatic heterocycles. The summed E-state index contributed by atoms with van der Waals surface area (Å²) >= 11 is 0. The highest BCUT2D eigenvalue weighted by molar-refractivity contribution is 7.89. The monoisotopic (exact) mass is 539 g/mol. The molecule has 0 heterocycles. The molecule has 38 heavy (non-hydrogen) atoms. The highest BCUT2D eigenvalue weighted by Crippen LogP contribution is 2.24. The second kappa shape index (κ2) is 14.3. The Morgan fingerprint density at radius 2 is 1.42 bits per heavy atom. The standard InChI is InChI=1S/C31H41NO5S/c1-5-25(6-2)21-32(38(34,35)30-18-16-28(36-4)17-19-30)22-31(33)24(3)20-26-12-14-29(15-13-26)37-23-27-10-8-7-9-11-27/h7-19,24-25,31,33H,5-6,20-23H2,1-4H3/t24-,31+/m0/s1. The maximum absolute atomic E-state index is 13.6. The van der Waals surface area contributed by atoms with Gasteiger partial charge in [-0.05, 0) is 65.8 Å². The van der Waals surface area contributed by atoms with E-state index in [9.17, 15) is 13.5 Å². The van der Waals surface area contributed by atoms with Crippen molar-refractivity contribution in [1.82, 2.24) is 4.31 Å². The lowest BCUT2D eigenvalue weighted by atomic mass is 9.95. The molecule has 0 amide bonds. The van der Waals surface area contributed by atoms with E-state index in [1.54, 1.807) is 31.4 Å². The van der Waals surface area contributed by atoms with Crippen LogP contribution >= 0.6 is 0 Å². The Balaban J connectivity index is 1.66. The molecular formula is C31H41NO5S. The van der Waals surface area contributed by atoms with Gasteiger partial charge in [0, 0.05) is 13.1 Å². The third kappa shape index (κ3) is 8.32. The first-order valence-corrected chi connectivity index (χ1v) is 14.8. The minimum absolute atomic E-state index is 0.0459. The number of hydrogen-bond acceptors (Lipinski definition) is 5. The van der Waals surface area contributed by atoms with Gasteiger partial charge >= 0.3 is 0 Å². The van der Waals surface area contributed by atoms with Crippen LogP contribution in [0.25, 0.3) is 0 Å². The van der Waals surface area contributed by atoms with E-state index in [4.69, 9.17) is 9.47 Å². The Kier molecular flexibility index (Phi) is 11.2. The molecule has 0 fully saturated rings. The number of nitrogens with zero attached hydrogens (tertiary/aromatic N) is 1. The van der Waals surface area contributed by atoms with Crippen molar-refractivity contribution < 1.29 is 23.0 Å². The molecule has 1 N–H and O–H groups in total. The van der Waals surface area contributed by atoms with Crippen LogP contribution in [0.3, 0.4) is 0 Å². The molecule has 0 spiro atoms. The van der Waals surface area contributed by atoms with Crippen molar-refractivity contribution in [3.8, 4) is 11.5 Å². The van der Waals surface area contributed by atoms with E-state index in [1.807, 2.05) is 61.5 Å². The van der Waals surface area contributed by atoms with E-state index >= 15 is 0 Å². The average Bonchev–Trinajstić information content (AvgIpc) is 2.95. The Morgan fingerprint density at radius 3 is 2.00 bits per heavy atom. The highest BCUT2D eigenvalue weighted by Gasteiger charge is 2.30. The lowest BCUT2D eigenvalue weighted by Gasteiger charge is -2.30. The number of hydrogen-bond donors (Lipinski definition) is 1. The third-order valence-electron chi connectivity index (χ3n) is 7.09. The summed E-state index contributed by atoms with van der Waals surface area (Å²) in [6.07, 6.45) is 1.55. The van der Waals surface area contributed by atoms with Gasteiger partial charge in [0.1, 0.15) is 18.1 Å². The number of methoxy groups -OCH3 is 1. The molecule has 0 radical (unpaired) electrons. The SMILES string of the molecule is CCC(CC)CN(C[C@@H](O)[C@@H](C)Cc1ccc(OCc2ccccc2)cc1)S(=O)(=O)c1ccc(OC)cc1. The summed E-state index contributed by atoms with van der Waals surface area (Å²) in [4.78, 5) is 0.204. The van der Waals surface area contributed by atoms with Crippen LogP contribution in [0, 0.1) is 11.8 Å². The van der Waals surface area contributed by atoms with Gasteiger partial charge in [0.25, 0.3) is 0 Å². The van der Waals surface area contributed by atoms with Gasteiger partial charge in [-0.25, -0.2) is 8.42 Å². The van der Waals surface area contributed by atoms with Crippen molar-refractivity contribution in [1.29, 1.82) is 0 Å². The first-order valence-electron chi connectivity index (χ1n) is 13.3. The fraction of sp³-hybridized carbons (Fsp3) is 0.419. The fourth-order valence-corrected chi connectivity index (χ4v) is 5.90. The maximum atomic E-state index is 13.6. The average molecular weight is 540 g/mol. The molecular weight excluding hydrogens is 498 g/mol. The van der Waals surface area contributed by atoms with Crippen molar-refractivity contribution in [2.45, 2.75) is 57.6 Å². The number of benzene rings is 3. The van der Waals surface area contributed by atoms with Crippen molar-refractivity contribution in [2.24, 2.45) is 11.8 Å². The minimum Gasteiger partial charge on any atom is -0.497 e. The second-order valence-corrected chi connectivity index (χ2v) is 11.8. The van der Waals surface area contributed by atoms with Crippen molar-refractivity contribution in [3.05, 3.63) is 90.0 Å². The topological polar surface area (TPSA) is 76.1 Å². The molecule has 0 aliphatic rings. The normalized spacial score (nSPS) is 13.4. The van der Waals surface area contributed by atoms with Crippen molar-refractivity contribution in [2.75, 3.05) is 20.2 Å². The number of rotatable bonds is 15. The van der Waals surface area contributed by atoms with Crippen molar-refractivity contribution in [3.63, 3.8) is 0 Å². The van der Waals surface area contributed by atoms with Crippen LogP contribution in [0.2, 0.25) is 0 Å². The van der Waals surface area contributed by atoms with Crippen LogP contribution in [0.5, 0.6) is 11.5 Å². The Labute approximate surface area is 228 Å². The molecule has 0 saturated carbocycles. The molecule has 0 aliphatic heterocycles. The first-order chi connectivity index (χ1) is 18.3. The number of aliphatic hydroxyl groups is 1. The molecule has 3 rings (SSSR count). The molecule has 7 heteroatoms. The largest absolute Gasteiger partial charge is 0.497 e. The summed E-state index contributed by atoms with van der Waals surface area (Å²) in [6, 6.07) is 24.3. The molecule has 3 aromatic carbocycles. The zero-order chi connectivity index (χ0) is 27.5. The van der Waals surface area contributed by atoms with E-state index < -0.39 is 16.1 Å².